The number of halogens is 1. The lowest BCUT2D eigenvalue weighted by molar-refractivity contribution is 0.171. The maximum atomic E-state index is 14.7. The van der Waals surface area contributed by atoms with Gasteiger partial charge in [0, 0.05) is 12.6 Å². The van der Waals surface area contributed by atoms with Crippen LogP contribution in [0, 0.1) is 11.2 Å². The van der Waals surface area contributed by atoms with Crippen LogP contribution in [0.25, 0.3) is 0 Å². The number of anilines is 3. The molecule has 2 aromatic carbocycles. The quantitative estimate of drug-likeness (QED) is 0.454. The lowest BCUT2D eigenvalue weighted by atomic mass is 9.84. The predicted octanol–water partition coefficient (Wildman–Crippen LogP) is 5.83. The van der Waals surface area contributed by atoms with Crippen LogP contribution in [0.3, 0.4) is 0 Å². The van der Waals surface area contributed by atoms with E-state index >= 15 is 0 Å². The van der Waals surface area contributed by atoms with Crippen molar-refractivity contribution in [1.29, 1.82) is 0 Å². The van der Waals surface area contributed by atoms with Crippen molar-refractivity contribution in [2.45, 2.75) is 39.7 Å². The number of benzene rings is 2. The van der Waals surface area contributed by atoms with Crippen LogP contribution in [0.2, 0.25) is 0 Å². The number of para-hydroxylation sites is 2. The summed E-state index contributed by atoms with van der Waals surface area (Å²) in [6.07, 6.45) is -0.114. The molecule has 2 aromatic rings. The lowest BCUT2D eigenvalue weighted by Gasteiger charge is -2.44. The van der Waals surface area contributed by atoms with E-state index in [0.717, 1.165) is 0 Å². The Labute approximate surface area is 177 Å². The Morgan fingerprint density at radius 1 is 1.13 bits per heavy atom. The van der Waals surface area contributed by atoms with Crippen molar-refractivity contribution < 1.29 is 23.4 Å². The molecule has 0 aromatic heterocycles. The van der Waals surface area contributed by atoms with Gasteiger partial charge in [0.1, 0.15) is 5.69 Å². The summed E-state index contributed by atoms with van der Waals surface area (Å²) >= 11 is 0. The van der Waals surface area contributed by atoms with Crippen LogP contribution in [-0.2, 0) is 0 Å². The van der Waals surface area contributed by atoms with Crippen molar-refractivity contribution in [1.82, 2.24) is 5.32 Å². The number of rotatable bonds is 6. The Hall–Kier alpha value is -2.49. The molecular formula is C21H28FN3O4S. The minimum absolute atomic E-state index is 0.125. The number of hydrogen-bond donors (Lipinski definition) is 4. The zero-order chi connectivity index (χ0) is 22.1. The van der Waals surface area contributed by atoms with E-state index in [1.165, 1.54) is 20.7 Å². The highest BCUT2D eigenvalue weighted by molar-refractivity contribution is 8.27. The van der Waals surface area contributed by atoms with Crippen molar-refractivity contribution in [2.24, 2.45) is 5.41 Å². The first-order chi connectivity index (χ1) is 14.0. The number of nitrogens with one attached hydrogen (secondary N) is 1. The summed E-state index contributed by atoms with van der Waals surface area (Å²) in [5.41, 5.74) is 0.704. The average Bonchev–Trinajstić information content (AvgIpc) is 2.88. The maximum absolute atomic E-state index is 14.7. The molecule has 0 spiro atoms. The Balaban J connectivity index is 1.87. The van der Waals surface area contributed by atoms with Gasteiger partial charge in [-0.05, 0) is 53.5 Å². The Bertz CT molecular complexity index is 905. The standard InChI is InChI=1S/C21H28FN3O4S/c1-21(2,3)18(23-20(26)27)13-8-14-24-17-12-7-11-16(22)19(17)25(30(24,28)29)15-9-5-4-6-10-15/h4-7,9-12,18,23,28-29H,8,13-14H2,1-3H3,(H,26,27). The third-order valence-electron chi connectivity index (χ3n) is 5.17. The smallest absolute Gasteiger partial charge is 0.404 e. The fraction of sp³-hybridized carbons (Fsp3) is 0.381. The van der Waals surface area contributed by atoms with Gasteiger partial charge in [0.25, 0.3) is 0 Å². The molecule has 164 valence electrons. The third-order valence-corrected chi connectivity index (χ3v) is 7.02. The van der Waals surface area contributed by atoms with Gasteiger partial charge in [-0.2, -0.15) is 0 Å². The van der Waals surface area contributed by atoms with Gasteiger partial charge in [0.15, 0.2) is 5.82 Å². The molecule has 7 nitrogen and oxygen atoms in total. The lowest BCUT2D eigenvalue weighted by Crippen LogP contribution is -2.43. The largest absolute Gasteiger partial charge is 0.465 e. The molecule has 3 rings (SSSR count). The van der Waals surface area contributed by atoms with Crippen LogP contribution < -0.4 is 13.9 Å². The zero-order valence-electron chi connectivity index (χ0n) is 17.2. The number of carboxylic acid groups (broad SMARTS) is 1. The topological polar surface area (TPSA) is 96.3 Å². The Morgan fingerprint density at radius 3 is 2.40 bits per heavy atom. The zero-order valence-corrected chi connectivity index (χ0v) is 18.1. The molecule has 0 aliphatic carbocycles. The second-order valence-corrected chi connectivity index (χ2v) is 10.1. The van der Waals surface area contributed by atoms with Gasteiger partial charge in [-0.1, -0.05) is 45.0 Å². The first kappa shape index (κ1) is 22.2. The molecule has 0 radical (unpaired) electrons. The molecule has 0 saturated carbocycles. The average molecular weight is 438 g/mol. The van der Waals surface area contributed by atoms with Crippen molar-refractivity contribution in [2.75, 3.05) is 15.2 Å². The Morgan fingerprint density at radius 2 is 1.80 bits per heavy atom. The van der Waals surface area contributed by atoms with Crippen molar-refractivity contribution in [3.8, 4) is 0 Å². The van der Waals surface area contributed by atoms with Gasteiger partial charge in [0.2, 0.25) is 0 Å². The van der Waals surface area contributed by atoms with E-state index in [4.69, 9.17) is 5.11 Å². The molecule has 1 amide bonds. The van der Waals surface area contributed by atoms with Crippen LogP contribution >= 0.6 is 11.0 Å². The highest BCUT2D eigenvalue weighted by atomic mass is 32.3. The van der Waals surface area contributed by atoms with Gasteiger partial charge < -0.3 is 10.4 Å². The summed E-state index contributed by atoms with van der Waals surface area (Å²) in [4.78, 5) is 11.1. The molecule has 1 heterocycles. The summed E-state index contributed by atoms with van der Waals surface area (Å²) in [7, 11) is -3.53. The minimum atomic E-state index is -3.53. The second kappa shape index (κ2) is 8.33. The van der Waals surface area contributed by atoms with E-state index in [9.17, 15) is 18.3 Å². The van der Waals surface area contributed by atoms with Crippen molar-refractivity contribution in [3.05, 3.63) is 54.3 Å². The van der Waals surface area contributed by atoms with Crippen molar-refractivity contribution >= 4 is 34.1 Å². The predicted molar refractivity (Wildman–Crippen MR) is 119 cm³/mol. The fourth-order valence-corrected chi connectivity index (χ4v) is 5.46. The fourth-order valence-electron chi connectivity index (χ4n) is 3.65. The Kier molecular flexibility index (Phi) is 6.16. The van der Waals surface area contributed by atoms with Crippen LogP contribution in [-0.4, -0.2) is 32.9 Å². The van der Waals surface area contributed by atoms with E-state index in [0.29, 0.717) is 24.2 Å². The number of nitrogens with zero attached hydrogens (tertiary/aromatic N) is 2. The number of fused-ring (bicyclic) bond motifs is 1. The number of carbonyl (C=O) groups is 1. The maximum Gasteiger partial charge on any atom is 0.404 e. The summed E-state index contributed by atoms with van der Waals surface area (Å²) in [6, 6.07) is 12.9. The molecule has 1 aliphatic heterocycles. The van der Waals surface area contributed by atoms with E-state index in [2.05, 4.69) is 5.32 Å². The summed E-state index contributed by atoms with van der Waals surface area (Å²) in [6.45, 7) is 6.06. The molecule has 0 fully saturated rings. The number of hydrogen-bond acceptors (Lipinski definition) is 5. The summed E-state index contributed by atoms with van der Waals surface area (Å²) in [5, 5.41) is 11.7. The molecule has 1 unspecified atom stereocenters. The van der Waals surface area contributed by atoms with Crippen molar-refractivity contribution in [3.63, 3.8) is 0 Å². The molecular weight excluding hydrogens is 409 g/mol. The van der Waals surface area contributed by atoms with Gasteiger partial charge in [-0.25, -0.2) is 13.5 Å². The second-order valence-electron chi connectivity index (χ2n) is 8.34. The SMILES string of the molecule is CC(C)(C)C(CCCN1c2cccc(F)c2N(c2ccccc2)S1(O)O)NC(=O)O. The first-order valence-corrected chi connectivity index (χ1v) is 11.2. The summed E-state index contributed by atoms with van der Waals surface area (Å²) in [5.74, 6) is -0.543. The monoisotopic (exact) mass is 437 g/mol. The van der Waals surface area contributed by atoms with Crippen LogP contribution in [0.15, 0.2) is 48.5 Å². The minimum Gasteiger partial charge on any atom is -0.465 e. The molecule has 30 heavy (non-hydrogen) atoms. The molecule has 4 N–H and O–H groups in total. The van der Waals surface area contributed by atoms with Crippen LogP contribution in [0.4, 0.5) is 26.2 Å². The number of amides is 1. The van der Waals surface area contributed by atoms with E-state index in [1.807, 2.05) is 20.8 Å². The third kappa shape index (κ3) is 4.33. The summed E-state index contributed by atoms with van der Waals surface area (Å²) < 4.78 is 39.6. The van der Waals surface area contributed by atoms with Gasteiger partial charge in [-0.15, -0.1) is 0 Å². The highest BCUT2D eigenvalue weighted by Crippen LogP contribution is 2.64. The van der Waals surface area contributed by atoms with Gasteiger partial charge in [-0.3, -0.25) is 13.4 Å². The normalized spacial score (nSPS) is 17.4. The molecule has 0 bridgehead atoms. The molecule has 0 saturated heterocycles. The van der Waals surface area contributed by atoms with Crippen LogP contribution in [0.5, 0.6) is 0 Å². The van der Waals surface area contributed by atoms with Gasteiger partial charge >= 0.3 is 6.09 Å². The van der Waals surface area contributed by atoms with Crippen LogP contribution in [0.1, 0.15) is 33.6 Å². The van der Waals surface area contributed by atoms with E-state index in [1.54, 1.807) is 36.4 Å². The van der Waals surface area contributed by atoms with E-state index < -0.39 is 22.9 Å². The van der Waals surface area contributed by atoms with Gasteiger partial charge in [0.05, 0.1) is 11.4 Å². The highest BCUT2D eigenvalue weighted by Gasteiger charge is 2.43. The first-order valence-electron chi connectivity index (χ1n) is 9.72. The molecule has 1 atom stereocenters. The molecule has 9 heteroatoms. The molecule has 1 aliphatic rings. The van der Waals surface area contributed by atoms with E-state index in [-0.39, 0.29) is 23.7 Å².